The Morgan fingerprint density at radius 2 is 1.72 bits per heavy atom. The van der Waals surface area contributed by atoms with Crippen molar-refractivity contribution in [2.75, 3.05) is 18.9 Å². The first-order valence-electron chi connectivity index (χ1n) is 8.50. The molecule has 1 aromatic carbocycles. The maximum absolute atomic E-state index is 12.6. The third-order valence-corrected chi connectivity index (χ3v) is 4.10. The van der Waals surface area contributed by atoms with Gasteiger partial charge in [-0.1, -0.05) is 0 Å². The van der Waals surface area contributed by atoms with Gasteiger partial charge >= 0.3 is 6.36 Å². The summed E-state index contributed by atoms with van der Waals surface area (Å²) in [4.78, 5) is 40.5. The number of aromatic nitrogens is 1. The van der Waals surface area contributed by atoms with Crippen molar-refractivity contribution in [1.29, 1.82) is 0 Å². The molecule has 0 saturated heterocycles. The summed E-state index contributed by atoms with van der Waals surface area (Å²) in [7, 11) is 1.42. The first-order chi connectivity index (χ1) is 13.4. The lowest BCUT2D eigenvalue weighted by molar-refractivity contribution is -0.274. The minimum Gasteiger partial charge on any atom is -0.406 e. The van der Waals surface area contributed by atoms with Crippen molar-refractivity contribution in [2.24, 2.45) is 0 Å². The minimum absolute atomic E-state index is 0.173. The van der Waals surface area contributed by atoms with Crippen LogP contribution in [0.5, 0.6) is 5.75 Å². The molecule has 0 saturated carbocycles. The summed E-state index contributed by atoms with van der Waals surface area (Å²) in [6.07, 6.45) is -4.80. The van der Waals surface area contributed by atoms with Gasteiger partial charge in [-0.25, -0.2) is 0 Å². The predicted octanol–water partition coefficient (Wildman–Crippen LogP) is 3.44. The molecule has 0 aliphatic rings. The molecule has 0 unspecified atom stereocenters. The maximum Gasteiger partial charge on any atom is 0.573 e. The fraction of sp³-hybridized carbons (Fsp3) is 0.316. The number of nitrogens with zero attached hydrogens (tertiary/aromatic N) is 1. The number of carbonyl (C=O) groups is 3. The van der Waals surface area contributed by atoms with Gasteiger partial charge in [-0.3, -0.25) is 14.4 Å². The molecule has 0 radical (unpaired) electrons. The van der Waals surface area contributed by atoms with E-state index in [9.17, 15) is 27.6 Å². The van der Waals surface area contributed by atoms with Crippen LogP contribution in [-0.4, -0.2) is 47.4 Å². The van der Waals surface area contributed by atoms with Crippen LogP contribution in [0.3, 0.4) is 0 Å². The summed E-state index contributed by atoms with van der Waals surface area (Å²) in [6.45, 7) is 4.43. The summed E-state index contributed by atoms with van der Waals surface area (Å²) in [5, 5.41) is 2.48. The number of carbonyl (C=O) groups excluding carboxylic acids is 3. The zero-order chi connectivity index (χ0) is 21.9. The van der Waals surface area contributed by atoms with Crippen molar-refractivity contribution >= 4 is 23.3 Å². The topological polar surface area (TPSA) is 91.5 Å². The quantitative estimate of drug-likeness (QED) is 0.713. The summed E-state index contributed by atoms with van der Waals surface area (Å²) in [5.74, 6) is -1.60. The molecular weight excluding hydrogens is 391 g/mol. The van der Waals surface area contributed by atoms with Crippen molar-refractivity contribution in [3.8, 4) is 5.75 Å². The number of aromatic amines is 1. The minimum atomic E-state index is -4.80. The molecule has 1 aromatic heterocycles. The number of anilines is 1. The lowest BCUT2D eigenvalue weighted by Gasteiger charge is -2.17. The van der Waals surface area contributed by atoms with E-state index in [1.54, 1.807) is 13.8 Å². The van der Waals surface area contributed by atoms with Gasteiger partial charge in [-0.15, -0.1) is 13.2 Å². The number of H-pyrrole nitrogens is 1. The average Bonchev–Trinajstić information content (AvgIpc) is 2.89. The SMILES string of the molecule is CC(=O)c1c(C)[nH]c(C(=O)N(C)CC(=O)Nc2ccc(OC(F)(F)F)cc2)c1C. The Balaban J connectivity index is 2.01. The van der Waals surface area contributed by atoms with Gasteiger partial charge in [0.2, 0.25) is 5.91 Å². The number of ketones is 1. The molecule has 0 aliphatic heterocycles. The molecule has 10 heteroatoms. The van der Waals surface area contributed by atoms with Crippen LogP contribution in [0.15, 0.2) is 24.3 Å². The van der Waals surface area contributed by atoms with Gasteiger partial charge in [0.1, 0.15) is 11.4 Å². The van der Waals surface area contributed by atoms with E-state index in [1.807, 2.05) is 0 Å². The molecule has 156 valence electrons. The first-order valence-corrected chi connectivity index (χ1v) is 8.50. The third-order valence-electron chi connectivity index (χ3n) is 4.10. The van der Waals surface area contributed by atoms with Crippen molar-refractivity contribution in [2.45, 2.75) is 27.1 Å². The van der Waals surface area contributed by atoms with E-state index < -0.39 is 23.9 Å². The molecule has 0 aliphatic carbocycles. The van der Waals surface area contributed by atoms with Crippen molar-refractivity contribution in [3.63, 3.8) is 0 Å². The van der Waals surface area contributed by atoms with E-state index in [0.717, 1.165) is 12.1 Å². The number of ether oxygens (including phenoxy) is 1. The second-order valence-corrected chi connectivity index (χ2v) is 6.46. The molecule has 29 heavy (non-hydrogen) atoms. The van der Waals surface area contributed by atoms with Crippen LogP contribution in [-0.2, 0) is 4.79 Å². The highest BCUT2D eigenvalue weighted by molar-refractivity contribution is 6.03. The number of likely N-dealkylation sites (N-methyl/N-ethyl adjacent to an activating group) is 1. The van der Waals surface area contributed by atoms with E-state index >= 15 is 0 Å². The Kier molecular flexibility index (Phi) is 6.35. The van der Waals surface area contributed by atoms with Crippen LogP contribution < -0.4 is 10.1 Å². The smallest absolute Gasteiger partial charge is 0.406 e. The summed E-state index contributed by atoms with van der Waals surface area (Å²) < 4.78 is 40.2. The van der Waals surface area contributed by atoms with E-state index in [1.165, 1.54) is 31.0 Å². The molecule has 0 spiro atoms. The zero-order valence-corrected chi connectivity index (χ0v) is 16.2. The Labute approximate surface area is 164 Å². The van der Waals surface area contributed by atoms with Gasteiger partial charge in [0.15, 0.2) is 5.78 Å². The maximum atomic E-state index is 12.6. The molecule has 2 N–H and O–H groups in total. The lowest BCUT2D eigenvalue weighted by Crippen LogP contribution is -2.35. The predicted molar refractivity (Wildman–Crippen MR) is 99.0 cm³/mol. The number of hydrogen-bond acceptors (Lipinski definition) is 4. The number of alkyl halides is 3. The average molecular weight is 411 g/mol. The number of Topliss-reactive ketones (excluding diaryl/α,β-unsaturated/α-hetero) is 1. The molecule has 0 fully saturated rings. The lowest BCUT2D eigenvalue weighted by atomic mass is 10.1. The molecule has 1 heterocycles. The van der Waals surface area contributed by atoms with Crippen LogP contribution in [0.4, 0.5) is 18.9 Å². The molecule has 2 amide bonds. The molecule has 0 bridgehead atoms. The molecule has 2 aromatic rings. The molecule has 0 atom stereocenters. The van der Waals surface area contributed by atoms with Crippen LogP contribution >= 0.6 is 0 Å². The normalized spacial score (nSPS) is 11.1. The fourth-order valence-electron chi connectivity index (χ4n) is 2.91. The third kappa shape index (κ3) is 5.59. The standard InChI is InChI=1S/C19H20F3N3O4/c1-10-16(12(3)26)11(2)23-17(10)18(28)25(4)9-15(27)24-13-5-7-14(8-6-13)29-19(20,21)22/h5-8,23H,9H2,1-4H3,(H,24,27). The van der Waals surface area contributed by atoms with Crippen molar-refractivity contribution < 1.29 is 32.3 Å². The van der Waals surface area contributed by atoms with Crippen molar-refractivity contribution in [1.82, 2.24) is 9.88 Å². The first kappa shape index (κ1) is 22.0. The number of aryl methyl sites for hydroxylation is 1. The van der Waals surface area contributed by atoms with E-state index in [-0.39, 0.29) is 23.7 Å². The number of hydrogen-bond donors (Lipinski definition) is 2. The number of nitrogens with one attached hydrogen (secondary N) is 2. The number of rotatable bonds is 6. The van der Waals surface area contributed by atoms with Gasteiger partial charge in [0.25, 0.3) is 5.91 Å². The summed E-state index contributed by atoms with van der Waals surface area (Å²) in [5.41, 5.74) is 1.98. The number of halogens is 3. The molecule has 2 rings (SSSR count). The zero-order valence-electron chi connectivity index (χ0n) is 16.2. The van der Waals surface area contributed by atoms with E-state index in [0.29, 0.717) is 16.8 Å². The largest absolute Gasteiger partial charge is 0.573 e. The van der Waals surface area contributed by atoms with Crippen molar-refractivity contribution in [3.05, 3.63) is 46.8 Å². The van der Waals surface area contributed by atoms with Crippen LogP contribution in [0.1, 0.15) is 39.0 Å². The summed E-state index contributed by atoms with van der Waals surface area (Å²) in [6, 6.07) is 4.62. The van der Waals surface area contributed by atoms with E-state index in [2.05, 4.69) is 15.0 Å². The Hall–Kier alpha value is -3.30. The van der Waals surface area contributed by atoms with Crippen LogP contribution in [0, 0.1) is 13.8 Å². The van der Waals surface area contributed by atoms with Gasteiger partial charge in [0.05, 0.1) is 6.54 Å². The monoisotopic (exact) mass is 411 g/mol. The van der Waals surface area contributed by atoms with Gasteiger partial charge < -0.3 is 19.9 Å². The number of amides is 2. The molecule has 7 nitrogen and oxygen atoms in total. The highest BCUT2D eigenvalue weighted by Crippen LogP contribution is 2.24. The number of benzene rings is 1. The Bertz CT molecular complexity index is 933. The van der Waals surface area contributed by atoms with Gasteiger partial charge in [0, 0.05) is 24.0 Å². The van der Waals surface area contributed by atoms with E-state index in [4.69, 9.17) is 0 Å². The van der Waals surface area contributed by atoms with Crippen LogP contribution in [0.25, 0.3) is 0 Å². The van der Waals surface area contributed by atoms with Crippen LogP contribution in [0.2, 0.25) is 0 Å². The summed E-state index contributed by atoms with van der Waals surface area (Å²) >= 11 is 0. The Morgan fingerprint density at radius 3 is 2.21 bits per heavy atom. The van der Waals surface area contributed by atoms with Gasteiger partial charge in [-0.05, 0) is 50.6 Å². The highest BCUT2D eigenvalue weighted by Gasteiger charge is 2.31. The second kappa shape index (κ2) is 8.38. The second-order valence-electron chi connectivity index (χ2n) is 6.46. The molecular formula is C19H20F3N3O4. The van der Waals surface area contributed by atoms with Gasteiger partial charge in [-0.2, -0.15) is 0 Å². The fourth-order valence-corrected chi connectivity index (χ4v) is 2.91. The highest BCUT2D eigenvalue weighted by atomic mass is 19.4. The Morgan fingerprint density at radius 1 is 1.14 bits per heavy atom.